The summed E-state index contributed by atoms with van der Waals surface area (Å²) in [7, 11) is 0. The van der Waals surface area contributed by atoms with Crippen molar-refractivity contribution in [2.45, 2.75) is 38.5 Å². The van der Waals surface area contributed by atoms with Crippen LogP contribution in [-0.2, 0) is 12.8 Å². The van der Waals surface area contributed by atoms with E-state index in [1.165, 1.54) is 51.3 Å². The van der Waals surface area contributed by atoms with E-state index < -0.39 is 0 Å². The number of rotatable bonds is 2. The molecule has 3 rings (SSSR count). The van der Waals surface area contributed by atoms with Gasteiger partial charge in [0.25, 0.3) is 0 Å². The van der Waals surface area contributed by atoms with Gasteiger partial charge in [-0.1, -0.05) is 18.2 Å². The molecule has 1 atom stereocenters. The van der Waals surface area contributed by atoms with E-state index in [0.29, 0.717) is 0 Å². The standard InChI is InChI=1S/C16H17ClS/c1-10-8-15(18-11(10)2)16(17)14-7-6-12-4-3-5-13(12)9-14/h6-9,16H,3-5H2,1-2H3. The van der Waals surface area contributed by atoms with Crippen LogP contribution < -0.4 is 0 Å². The Balaban J connectivity index is 1.94. The van der Waals surface area contributed by atoms with Crippen LogP contribution in [0, 0.1) is 13.8 Å². The molecule has 0 N–H and O–H groups in total. The number of fused-ring (bicyclic) bond motifs is 1. The minimum atomic E-state index is 0.00769. The summed E-state index contributed by atoms with van der Waals surface area (Å²) in [6, 6.07) is 9.00. The maximum absolute atomic E-state index is 6.63. The largest absolute Gasteiger partial charge is 0.143 e. The summed E-state index contributed by atoms with van der Waals surface area (Å²) in [5, 5.41) is 0.00769. The van der Waals surface area contributed by atoms with Gasteiger partial charge in [0.2, 0.25) is 0 Å². The van der Waals surface area contributed by atoms with E-state index in [-0.39, 0.29) is 5.38 Å². The zero-order valence-corrected chi connectivity index (χ0v) is 12.4. The predicted octanol–water partition coefficient (Wildman–Crippen LogP) is 5.18. The lowest BCUT2D eigenvalue weighted by atomic mass is 10.0. The second-order valence-corrected chi connectivity index (χ2v) is 6.86. The second kappa shape index (κ2) is 4.71. The normalized spacial score (nSPS) is 15.7. The summed E-state index contributed by atoms with van der Waals surface area (Å²) in [6.45, 7) is 4.32. The van der Waals surface area contributed by atoms with Crippen molar-refractivity contribution in [3.8, 4) is 0 Å². The molecule has 0 saturated carbocycles. The van der Waals surface area contributed by atoms with Gasteiger partial charge in [-0.25, -0.2) is 0 Å². The van der Waals surface area contributed by atoms with Crippen LogP contribution >= 0.6 is 22.9 Å². The van der Waals surface area contributed by atoms with Crippen LogP contribution in [0.5, 0.6) is 0 Å². The SMILES string of the molecule is Cc1cc(C(Cl)c2ccc3c(c2)CCC3)sc1C. The molecule has 1 unspecified atom stereocenters. The lowest BCUT2D eigenvalue weighted by Gasteiger charge is -2.10. The molecule has 1 aliphatic rings. The Kier molecular flexibility index (Phi) is 3.21. The molecule has 0 amide bonds. The van der Waals surface area contributed by atoms with Gasteiger partial charge in [0, 0.05) is 9.75 Å². The lowest BCUT2D eigenvalue weighted by Crippen LogP contribution is -1.92. The van der Waals surface area contributed by atoms with Gasteiger partial charge in [-0.3, -0.25) is 0 Å². The van der Waals surface area contributed by atoms with Crippen molar-refractivity contribution >= 4 is 22.9 Å². The average Bonchev–Trinajstić information content (AvgIpc) is 2.95. The molecule has 1 aromatic carbocycles. The first-order chi connectivity index (χ1) is 8.65. The third-order valence-corrected chi connectivity index (χ3v) is 5.68. The van der Waals surface area contributed by atoms with E-state index >= 15 is 0 Å². The van der Waals surface area contributed by atoms with Crippen LogP contribution in [0.3, 0.4) is 0 Å². The van der Waals surface area contributed by atoms with Crippen molar-refractivity contribution in [2.75, 3.05) is 0 Å². The summed E-state index contributed by atoms with van der Waals surface area (Å²) < 4.78 is 0. The van der Waals surface area contributed by atoms with Crippen molar-refractivity contribution < 1.29 is 0 Å². The smallest absolute Gasteiger partial charge is 0.0928 e. The lowest BCUT2D eigenvalue weighted by molar-refractivity contribution is 0.911. The summed E-state index contributed by atoms with van der Waals surface area (Å²) >= 11 is 8.45. The average molecular weight is 277 g/mol. The Bertz CT molecular complexity index is 563. The zero-order valence-electron chi connectivity index (χ0n) is 10.8. The molecular formula is C16H17ClS. The van der Waals surface area contributed by atoms with Crippen molar-refractivity contribution in [1.82, 2.24) is 0 Å². The van der Waals surface area contributed by atoms with Crippen molar-refractivity contribution in [2.24, 2.45) is 0 Å². The fraction of sp³-hybridized carbons (Fsp3) is 0.375. The van der Waals surface area contributed by atoms with E-state index in [1.807, 2.05) is 11.3 Å². The van der Waals surface area contributed by atoms with Crippen molar-refractivity contribution in [3.63, 3.8) is 0 Å². The van der Waals surface area contributed by atoms with E-state index in [2.05, 4.69) is 38.1 Å². The molecule has 0 saturated heterocycles. The molecule has 1 aromatic heterocycles. The highest BCUT2D eigenvalue weighted by Gasteiger charge is 2.17. The van der Waals surface area contributed by atoms with E-state index in [9.17, 15) is 0 Å². The topological polar surface area (TPSA) is 0 Å². The van der Waals surface area contributed by atoms with Gasteiger partial charge in [-0.15, -0.1) is 22.9 Å². The fourth-order valence-electron chi connectivity index (χ4n) is 2.64. The highest BCUT2D eigenvalue weighted by atomic mass is 35.5. The van der Waals surface area contributed by atoms with Gasteiger partial charge in [0.1, 0.15) is 0 Å². The maximum Gasteiger partial charge on any atom is 0.0928 e. The maximum atomic E-state index is 6.63. The van der Waals surface area contributed by atoms with Crippen LogP contribution in [0.25, 0.3) is 0 Å². The van der Waals surface area contributed by atoms with Gasteiger partial charge in [0.05, 0.1) is 5.38 Å². The first-order valence-electron chi connectivity index (χ1n) is 6.48. The minimum Gasteiger partial charge on any atom is -0.143 e. The molecule has 1 heterocycles. The molecule has 0 spiro atoms. The molecule has 1 aliphatic carbocycles. The molecule has 2 heteroatoms. The summed E-state index contributed by atoms with van der Waals surface area (Å²) in [4.78, 5) is 2.64. The predicted molar refractivity (Wildman–Crippen MR) is 80.0 cm³/mol. The third-order valence-electron chi connectivity index (χ3n) is 3.85. The first-order valence-corrected chi connectivity index (χ1v) is 7.73. The second-order valence-electron chi connectivity index (χ2n) is 5.13. The zero-order chi connectivity index (χ0) is 12.7. The molecular weight excluding hydrogens is 260 g/mol. The van der Waals surface area contributed by atoms with Gasteiger partial charge in [0.15, 0.2) is 0 Å². The number of benzene rings is 1. The molecule has 94 valence electrons. The Morgan fingerprint density at radius 2 is 1.89 bits per heavy atom. The molecule has 0 bridgehead atoms. The molecule has 0 aliphatic heterocycles. The Morgan fingerprint density at radius 1 is 1.11 bits per heavy atom. The summed E-state index contributed by atoms with van der Waals surface area (Å²) in [5.74, 6) is 0. The quantitative estimate of drug-likeness (QED) is 0.663. The van der Waals surface area contributed by atoms with Crippen molar-refractivity contribution in [1.29, 1.82) is 0 Å². The highest BCUT2D eigenvalue weighted by molar-refractivity contribution is 7.12. The van der Waals surface area contributed by atoms with Crippen LogP contribution in [-0.4, -0.2) is 0 Å². The fourth-order valence-corrected chi connectivity index (χ4v) is 4.02. The Hall–Kier alpha value is -0.790. The molecule has 18 heavy (non-hydrogen) atoms. The van der Waals surface area contributed by atoms with Gasteiger partial charge in [-0.05, 0) is 61.4 Å². The molecule has 0 radical (unpaired) electrons. The number of aryl methyl sites for hydroxylation is 4. The number of halogens is 1. The number of thiophene rings is 1. The molecule has 0 fully saturated rings. The van der Waals surface area contributed by atoms with Crippen LogP contribution in [0.15, 0.2) is 24.3 Å². The van der Waals surface area contributed by atoms with Crippen LogP contribution in [0.4, 0.5) is 0 Å². The number of hydrogen-bond donors (Lipinski definition) is 0. The highest BCUT2D eigenvalue weighted by Crippen LogP contribution is 2.36. The Morgan fingerprint density at radius 3 is 2.61 bits per heavy atom. The molecule has 2 aromatic rings. The third kappa shape index (κ3) is 2.10. The van der Waals surface area contributed by atoms with Gasteiger partial charge < -0.3 is 0 Å². The molecule has 0 nitrogen and oxygen atoms in total. The summed E-state index contributed by atoms with van der Waals surface area (Å²) in [6.07, 6.45) is 3.75. The van der Waals surface area contributed by atoms with Gasteiger partial charge in [-0.2, -0.15) is 0 Å². The monoisotopic (exact) mass is 276 g/mol. The first kappa shape index (κ1) is 12.3. The van der Waals surface area contributed by atoms with E-state index in [1.54, 1.807) is 0 Å². The number of alkyl halides is 1. The van der Waals surface area contributed by atoms with Gasteiger partial charge >= 0.3 is 0 Å². The number of hydrogen-bond acceptors (Lipinski definition) is 1. The minimum absolute atomic E-state index is 0.00769. The van der Waals surface area contributed by atoms with Crippen molar-refractivity contribution in [3.05, 3.63) is 56.3 Å². The van der Waals surface area contributed by atoms with Crippen LogP contribution in [0.1, 0.15) is 43.8 Å². The van der Waals surface area contributed by atoms with E-state index in [0.717, 1.165) is 0 Å². The van der Waals surface area contributed by atoms with E-state index in [4.69, 9.17) is 11.6 Å². The van der Waals surface area contributed by atoms with Crippen LogP contribution in [0.2, 0.25) is 0 Å². The Labute approximate surface area is 118 Å². The summed E-state index contributed by atoms with van der Waals surface area (Å²) in [5.41, 5.74) is 5.62.